The van der Waals surface area contributed by atoms with E-state index < -0.39 is 0 Å². The minimum atomic E-state index is 0.0866. The zero-order valence-electron chi connectivity index (χ0n) is 10.2. The Labute approximate surface area is 108 Å². The average molecular weight is 261 g/mol. The Morgan fingerprint density at radius 3 is 2.68 bits per heavy atom. The second-order valence-corrected chi connectivity index (χ2v) is 3.54. The van der Waals surface area contributed by atoms with Gasteiger partial charge < -0.3 is 16.2 Å². The zero-order valence-corrected chi connectivity index (χ0v) is 10.2. The van der Waals surface area contributed by atoms with Gasteiger partial charge in [-0.15, -0.1) is 5.10 Å². The van der Waals surface area contributed by atoms with Gasteiger partial charge in [0, 0.05) is 10.7 Å². The number of nitrogens with one attached hydrogen (secondary N) is 1. The number of aromatic nitrogens is 2. The number of nitrogen functional groups attached to an aromatic ring is 1. The molecule has 1 aromatic carbocycles. The average Bonchev–Trinajstić information content (AvgIpc) is 2.86. The minimum Gasteiger partial charge on any atom is -0.497 e. The molecular weight excluding hydrogens is 248 g/mol. The molecule has 98 valence electrons. The molecule has 0 atom stereocenters. The van der Waals surface area contributed by atoms with Crippen LogP contribution < -0.4 is 21.3 Å². The molecule has 0 saturated heterocycles. The summed E-state index contributed by atoms with van der Waals surface area (Å²) in [6, 6.07) is 7.40. The minimum absolute atomic E-state index is 0.0866. The standard InChI is InChI=1S/C11H12N6O2/c1-18-8-4-2-7(3-5-8)6-14-15-10(12)9-11(13)17-19-16-9/h2-6H,1H3,(H2,12,15)(H2,13,17)/p+1. The van der Waals surface area contributed by atoms with Gasteiger partial charge in [-0.05, 0) is 34.6 Å². The van der Waals surface area contributed by atoms with Crippen LogP contribution in [0.1, 0.15) is 11.3 Å². The first-order valence-corrected chi connectivity index (χ1v) is 5.35. The molecule has 2 aromatic rings. The Balaban J connectivity index is 2.08. The van der Waals surface area contributed by atoms with Crippen LogP contribution in [-0.2, 0) is 0 Å². The molecule has 19 heavy (non-hydrogen) atoms. The molecule has 0 fully saturated rings. The van der Waals surface area contributed by atoms with Crippen LogP contribution in [0.15, 0.2) is 34.0 Å². The fourth-order valence-corrected chi connectivity index (χ4v) is 1.30. The number of hydrogen-bond donors (Lipinski definition) is 3. The third-order valence-corrected chi connectivity index (χ3v) is 2.29. The molecule has 0 bridgehead atoms. The highest BCUT2D eigenvalue weighted by atomic mass is 16.6. The van der Waals surface area contributed by atoms with E-state index in [0.717, 1.165) is 11.3 Å². The van der Waals surface area contributed by atoms with Gasteiger partial charge in [0.15, 0.2) is 11.5 Å². The topological polar surface area (TPSA) is 127 Å². The fraction of sp³-hybridized carbons (Fsp3) is 0.0909. The maximum atomic E-state index is 5.66. The Bertz CT molecular complexity index is 602. The maximum absolute atomic E-state index is 5.66. The predicted octanol–water partition coefficient (Wildman–Crippen LogP) is -1.52. The van der Waals surface area contributed by atoms with Gasteiger partial charge in [-0.1, -0.05) is 0 Å². The van der Waals surface area contributed by atoms with Crippen LogP contribution in [0.3, 0.4) is 0 Å². The molecule has 0 radical (unpaired) electrons. The van der Waals surface area contributed by atoms with Gasteiger partial charge in [-0.3, -0.25) is 0 Å². The second kappa shape index (κ2) is 5.63. The van der Waals surface area contributed by atoms with Crippen molar-refractivity contribution < 1.29 is 14.5 Å². The van der Waals surface area contributed by atoms with E-state index in [1.54, 1.807) is 13.3 Å². The van der Waals surface area contributed by atoms with Crippen molar-refractivity contribution in [2.24, 2.45) is 10.8 Å². The molecule has 0 spiro atoms. The van der Waals surface area contributed by atoms with Crippen LogP contribution in [0.4, 0.5) is 5.82 Å². The van der Waals surface area contributed by atoms with E-state index in [9.17, 15) is 0 Å². The van der Waals surface area contributed by atoms with Gasteiger partial charge in [0.25, 0.3) is 0 Å². The molecule has 2 rings (SSSR count). The highest BCUT2D eigenvalue weighted by Gasteiger charge is 2.11. The van der Waals surface area contributed by atoms with E-state index in [2.05, 4.69) is 25.1 Å². The highest BCUT2D eigenvalue weighted by Crippen LogP contribution is 2.09. The summed E-state index contributed by atoms with van der Waals surface area (Å²) in [6.07, 6.45) is 1.66. The molecule has 0 amide bonds. The van der Waals surface area contributed by atoms with Gasteiger partial charge in [0.1, 0.15) is 5.75 Å². The van der Waals surface area contributed by atoms with Crippen LogP contribution in [0, 0.1) is 0 Å². The zero-order chi connectivity index (χ0) is 13.7. The van der Waals surface area contributed by atoms with Gasteiger partial charge in [0.05, 0.1) is 7.11 Å². The molecule has 0 saturated carbocycles. The lowest BCUT2D eigenvalue weighted by atomic mass is 10.2. The van der Waals surface area contributed by atoms with Crippen molar-refractivity contribution in [2.45, 2.75) is 0 Å². The molecule has 0 aliphatic rings. The molecule has 8 heteroatoms. The first kappa shape index (κ1) is 12.6. The molecule has 5 N–H and O–H groups in total. The summed E-state index contributed by atoms with van der Waals surface area (Å²) >= 11 is 0. The van der Waals surface area contributed by atoms with Crippen molar-refractivity contribution in [3.8, 4) is 5.75 Å². The van der Waals surface area contributed by atoms with Crippen LogP contribution in [0.5, 0.6) is 5.75 Å². The lowest BCUT2D eigenvalue weighted by molar-refractivity contribution is -0.456. The number of nitrogens with zero attached hydrogens (tertiary/aromatic N) is 3. The maximum Gasteiger partial charge on any atom is 0.224 e. The first-order valence-electron chi connectivity index (χ1n) is 5.35. The van der Waals surface area contributed by atoms with Crippen molar-refractivity contribution in [2.75, 3.05) is 12.8 Å². The van der Waals surface area contributed by atoms with Crippen molar-refractivity contribution in [3.63, 3.8) is 0 Å². The van der Waals surface area contributed by atoms with E-state index in [1.165, 1.54) is 0 Å². The Kier molecular flexibility index (Phi) is 3.72. The number of hydrogen-bond acceptors (Lipinski definition) is 6. The van der Waals surface area contributed by atoms with Gasteiger partial charge in [0.2, 0.25) is 12.1 Å². The van der Waals surface area contributed by atoms with Crippen molar-refractivity contribution in [1.29, 1.82) is 0 Å². The van der Waals surface area contributed by atoms with E-state index in [-0.39, 0.29) is 17.3 Å². The number of nitrogens with two attached hydrogens (primary N) is 2. The van der Waals surface area contributed by atoms with Crippen molar-refractivity contribution in [3.05, 3.63) is 35.5 Å². The number of rotatable bonds is 4. The van der Waals surface area contributed by atoms with E-state index >= 15 is 0 Å². The molecule has 8 nitrogen and oxygen atoms in total. The van der Waals surface area contributed by atoms with Crippen molar-refractivity contribution >= 4 is 17.9 Å². The molecule has 0 aliphatic heterocycles. The van der Waals surface area contributed by atoms with Gasteiger partial charge >= 0.3 is 0 Å². The normalized spacial score (nSPS) is 11.9. The van der Waals surface area contributed by atoms with Gasteiger partial charge in [-0.2, -0.15) is 0 Å². The van der Waals surface area contributed by atoms with Crippen LogP contribution >= 0.6 is 0 Å². The number of anilines is 1. The molecular formula is C11H13N6O2+. The summed E-state index contributed by atoms with van der Waals surface area (Å²) in [4.78, 5) is 0. The monoisotopic (exact) mass is 261 g/mol. The molecule has 1 aromatic heterocycles. The van der Waals surface area contributed by atoms with E-state index in [1.807, 2.05) is 24.3 Å². The van der Waals surface area contributed by atoms with Gasteiger partial charge in [-0.25, -0.2) is 4.63 Å². The Morgan fingerprint density at radius 2 is 2.11 bits per heavy atom. The van der Waals surface area contributed by atoms with Crippen LogP contribution in [0.2, 0.25) is 0 Å². The molecule has 1 heterocycles. The first-order chi connectivity index (χ1) is 9.20. The van der Waals surface area contributed by atoms with E-state index in [0.29, 0.717) is 0 Å². The lowest BCUT2D eigenvalue weighted by Gasteiger charge is -1.96. The number of ether oxygens (including phenoxy) is 1. The number of methoxy groups -OCH3 is 1. The summed E-state index contributed by atoms with van der Waals surface area (Å²) in [6.45, 7) is 0. The molecule has 0 unspecified atom stereocenters. The lowest BCUT2D eigenvalue weighted by Crippen LogP contribution is -2.63. The number of benzene rings is 1. The highest BCUT2D eigenvalue weighted by molar-refractivity contribution is 5.98. The third kappa shape index (κ3) is 3.06. The predicted molar refractivity (Wildman–Crippen MR) is 68.6 cm³/mol. The number of hydrazone groups is 1. The SMILES string of the molecule is COc1ccc(C=[NH+]N=C(N)c2nonc2N)cc1. The smallest absolute Gasteiger partial charge is 0.224 e. The Morgan fingerprint density at radius 1 is 1.37 bits per heavy atom. The van der Waals surface area contributed by atoms with Crippen LogP contribution in [0.25, 0.3) is 0 Å². The Hall–Kier alpha value is -2.90. The van der Waals surface area contributed by atoms with Crippen molar-refractivity contribution in [1.82, 2.24) is 10.3 Å². The quantitative estimate of drug-likeness (QED) is 0.348. The summed E-state index contributed by atoms with van der Waals surface area (Å²) in [5.41, 5.74) is 12.2. The number of amidine groups is 1. The summed E-state index contributed by atoms with van der Waals surface area (Å²) in [7, 11) is 1.61. The second-order valence-electron chi connectivity index (χ2n) is 3.54. The largest absolute Gasteiger partial charge is 0.497 e. The summed E-state index contributed by atoms with van der Waals surface area (Å²) in [5, 5.41) is 13.5. The fourth-order valence-electron chi connectivity index (χ4n) is 1.30. The van der Waals surface area contributed by atoms with Crippen LogP contribution in [-0.4, -0.2) is 29.5 Å². The summed E-state index contributed by atoms with van der Waals surface area (Å²) in [5.74, 6) is 0.956. The third-order valence-electron chi connectivity index (χ3n) is 2.29. The molecule has 0 aliphatic carbocycles. The van der Waals surface area contributed by atoms with E-state index in [4.69, 9.17) is 16.2 Å². The summed E-state index contributed by atoms with van der Waals surface area (Å²) < 4.78 is 9.47.